The van der Waals surface area contributed by atoms with Crippen molar-refractivity contribution in [3.63, 3.8) is 0 Å². The highest BCUT2D eigenvalue weighted by Crippen LogP contribution is 2.19. The van der Waals surface area contributed by atoms with E-state index in [1.165, 1.54) is 28.0 Å². The molecule has 1 atom stereocenters. The van der Waals surface area contributed by atoms with Crippen molar-refractivity contribution in [2.45, 2.75) is 18.2 Å². The van der Waals surface area contributed by atoms with Crippen LogP contribution >= 0.6 is 0 Å². The monoisotopic (exact) mass is 203 g/mol. The van der Waals surface area contributed by atoms with Gasteiger partial charge in [-0.2, -0.15) is 0 Å². The van der Waals surface area contributed by atoms with Gasteiger partial charge in [0.2, 0.25) is 0 Å². The topological polar surface area (TPSA) is 0 Å². The third kappa shape index (κ3) is 2.52. The molecule has 0 radical (unpaired) electrons. The number of hydrogen-bond acceptors (Lipinski definition) is 0. The molecule has 1 aliphatic carbocycles. The van der Waals surface area contributed by atoms with Gasteiger partial charge in [-0.05, 0) is 36.6 Å². The summed E-state index contributed by atoms with van der Waals surface area (Å²) in [6.07, 6.45) is 8.08. The van der Waals surface area contributed by atoms with Crippen molar-refractivity contribution >= 4 is 11.8 Å². The maximum Gasteiger partial charge on any atom is 0.158 e. The van der Waals surface area contributed by atoms with Crippen molar-refractivity contribution in [2.24, 2.45) is 5.92 Å². The largest absolute Gasteiger partial charge is 0.158 e. The highest BCUT2D eigenvalue weighted by atomic mass is 32.2. The summed E-state index contributed by atoms with van der Waals surface area (Å²) in [6.45, 7) is 2.25. The first-order chi connectivity index (χ1) is 6.84. The highest BCUT2D eigenvalue weighted by Gasteiger charge is 2.11. The van der Waals surface area contributed by atoms with Gasteiger partial charge in [0.05, 0.1) is 0 Å². The Balaban J connectivity index is 2.03. The van der Waals surface area contributed by atoms with Gasteiger partial charge in [0.1, 0.15) is 0 Å². The molecule has 0 bridgehead atoms. The fraction of sp³-hybridized carbons (Fsp3) is 0.231. The van der Waals surface area contributed by atoms with E-state index in [-0.39, 0.29) is 0 Å². The maximum absolute atomic E-state index is 2.35. The Kier molecular flexibility index (Phi) is 3.10. The van der Waals surface area contributed by atoms with E-state index in [4.69, 9.17) is 0 Å². The molecule has 1 aromatic carbocycles. The Hall–Kier alpha value is -0.950. The molecule has 0 N–H and O–H groups in total. The molecule has 0 amide bonds. The second kappa shape index (κ2) is 4.52. The van der Waals surface area contributed by atoms with Crippen LogP contribution in [0.2, 0.25) is 0 Å². The van der Waals surface area contributed by atoms with Crippen LogP contribution in [0.3, 0.4) is 0 Å². The molecule has 0 spiro atoms. The average Bonchev–Trinajstić information content (AvgIpc) is 2.23. The summed E-state index contributed by atoms with van der Waals surface area (Å²) >= 11 is 1.33. The molecular weight excluding hydrogens is 188 g/mol. The second-order valence-corrected chi connectivity index (χ2v) is 4.90. The Bertz CT molecular complexity index is 349. The number of hydrogen-bond donors (Lipinski definition) is 0. The van der Waals surface area contributed by atoms with Crippen LogP contribution in [-0.4, -0.2) is 0 Å². The third-order valence-corrected chi connectivity index (χ3v) is 3.45. The van der Waals surface area contributed by atoms with E-state index in [0.29, 0.717) is 5.92 Å². The van der Waals surface area contributed by atoms with Crippen molar-refractivity contribution in [1.29, 1.82) is 0 Å². The standard InChI is InChI=1S/C13H14S/c1-11-7-9-13(10-8-11)14-12-5-3-2-4-6-12/h2-7,9-11H,8H2,1H3/p+1. The van der Waals surface area contributed by atoms with Gasteiger partial charge < -0.3 is 0 Å². The molecule has 0 nitrogen and oxygen atoms in total. The SMILES string of the molecule is CC1C=CC([SH+]c2ccccc2)=CC1. The lowest BCUT2D eigenvalue weighted by atomic mass is 10.0. The Morgan fingerprint density at radius 2 is 2.00 bits per heavy atom. The van der Waals surface area contributed by atoms with Crippen LogP contribution in [0.15, 0.2) is 58.4 Å². The first-order valence-electron chi connectivity index (χ1n) is 5.00. The number of rotatable bonds is 2. The average molecular weight is 203 g/mol. The molecule has 1 unspecified atom stereocenters. The molecule has 0 saturated carbocycles. The van der Waals surface area contributed by atoms with E-state index < -0.39 is 0 Å². The summed E-state index contributed by atoms with van der Waals surface area (Å²) in [5.74, 6) is 0.713. The Morgan fingerprint density at radius 1 is 1.21 bits per heavy atom. The van der Waals surface area contributed by atoms with Crippen LogP contribution in [0, 0.1) is 5.92 Å². The van der Waals surface area contributed by atoms with Crippen LogP contribution in [0.4, 0.5) is 0 Å². The van der Waals surface area contributed by atoms with Crippen LogP contribution in [-0.2, 0) is 11.8 Å². The zero-order valence-electron chi connectivity index (χ0n) is 8.35. The van der Waals surface area contributed by atoms with Gasteiger partial charge in [-0.25, -0.2) is 0 Å². The first kappa shape index (κ1) is 9.60. The van der Waals surface area contributed by atoms with E-state index >= 15 is 0 Å². The quantitative estimate of drug-likeness (QED) is 0.511. The molecule has 0 fully saturated rings. The third-order valence-electron chi connectivity index (χ3n) is 2.31. The van der Waals surface area contributed by atoms with Gasteiger partial charge >= 0.3 is 0 Å². The van der Waals surface area contributed by atoms with E-state index in [9.17, 15) is 0 Å². The molecule has 1 aromatic rings. The van der Waals surface area contributed by atoms with Gasteiger partial charge in [0.15, 0.2) is 9.80 Å². The van der Waals surface area contributed by atoms with Gasteiger partial charge in [0, 0.05) is 11.8 Å². The van der Waals surface area contributed by atoms with Crippen molar-refractivity contribution in [1.82, 2.24) is 0 Å². The lowest BCUT2D eigenvalue weighted by molar-refractivity contribution is 0.735. The minimum Gasteiger partial charge on any atom is -0.0764 e. The van der Waals surface area contributed by atoms with Crippen molar-refractivity contribution in [2.75, 3.05) is 0 Å². The fourth-order valence-corrected chi connectivity index (χ4v) is 2.43. The van der Waals surface area contributed by atoms with Crippen LogP contribution in [0.25, 0.3) is 0 Å². The number of thiol groups is 1. The molecule has 1 heteroatoms. The molecule has 2 rings (SSSR count). The molecular formula is C13H15S+. The smallest absolute Gasteiger partial charge is 0.0764 e. The Labute approximate surface area is 89.7 Å². The minimum atomic E-state index is 0.713. The molecule has 0 heterocycles. The van der Waals surface area contributed by atoms with Gasteiger partial charge in [-0.15, -0.1) is 0 Å². The molecule has 72 valence electrons. The van der Waals surface area contributed by atoms with E-state index in [1.807, 2.05) is 0 Å². The zero-order valence-corrected chi connectivity index (χ0v) is 9.24. The van der Waals surface area contributed by atoms with Crippen LogP contribution in [0.5, 0.6) is 0 Å². The van der Waals surface area contributed by atoms with Gasteiger partial charge in [-0.3, -0.25) is 0 Å². The zero-order chi connectivity index (χ0) is 9.80. The molecule has 0 aliphatic heterocycles. The lowest BCUT2D eigenvalue weighted by Crippen LogP contribution is -1.95. The molecule has 1 aliphatic rings. The van der Waals surface area contributed by atoms with Crippen molar-refractivity contribution in [3.8, 4) is 0 Å². The van der Waals surface area contributed by atoms with E-state index in [1.54, 1.807) is 0 Å². The maximum atomic E-state index is 2.35. The second-order valence-electron chi connectivity index (χ2n) is 3.65. The van der Waals surface area contributed by atoms with E-state index in [2.05, 4.69) is 55.5 Å². The minimum absolute atomic E-state index is 0.713. The predicted molar refractivity (Wildman–Crippen MR) is 64.5 cm³/mol. The summed E-state index contributed by atoms with van der Waals surface area (Å²) in [7, 11) is 0. The summed E-state index contributed by atoms with van der Waals surface area (Å²) in [4.78, 5) is 2.80. The molecule has 0 aromatic heterocycles. The van der Waals surface area contributed by atoms with Crippen molar-refractivity contribution in [3.05, 3.63) is 53.5 Å². The Morgan fingerprint density at radius 3 is 2.64 bits per heavy atom. The predicted octanol–water partition coefficient (Wildman–Crippen LogP) is 3.34. The van der Waals surface area contributed by atoms with Crippen LogP contribution in [0.1, 0.15) is 13.3 Å². The highest BCUT2D eigenvalue weighted by molar-refractivity contribution is 7.83. The van der Waals surface area contributed by atoms with Gasteiger partial charge in [-0.1, -0.05) is 31.2 Å². The lowest BCUT2D eigenvalue weighted by Gasteiger charge is -2.05. The fourth-order valence-electron chi connectivity index (χ4n) is 1.45. The molecule has 0 saturated heterocycles. The normalized spacial score (nSPS) is 20.6. The van der Waals surface area contributed by atoms with Crippen LogP contribution < -0.4 is 0 Å². The van der Waals surface area contributed by atoms with Crippen molar-refractivity contribution < 1.29 is 0 Å². The van der Waals surface area contributed by atoms with E-state index in [0.717, 1.165) is 0 Å². The summed E-state index contributed by atoms with van der Waals surface area (Å²) in [6, 6.07) is 10.6. The first-order valence-corrected chi connectivity index (χ1v) is 5.89. The number of allylic oxidation sites excluding steroid dienone is 3. The summed E-state index contributed by atoms with van der Waals surface area (Å²) < 4.78 is 0. The summed E-state index contributed by atoms with van der Waals surface area (Å²) in [5.41, 5.74) is 0. The van der Waals surface area contributed by atoms with Gasteiger partial charge in [0.25, 0.3) is 0 Å². The molecule has 14 heavy (non-hydrogen) atoms. The number of benzene rings is 1. The summed E-state index contributed by atoms with van der Waals surface area (Å²) in [5, 5.41) is 0.